The first-order valence-corrected chi connectivity index (χ1v) is 12.6. The number of nitrogens with one attached hydrogen (secondary N) is 1. The fourth-order valence-electron chi connectivity index (χ4n) is 3.77. The van der Waals surface area contributed by atoms with E-state index in [1.165, 1.54) is 6.21 Å². The molecule has 7 nitrogen and oxygen atoms in total. The van der Waals surface area contributed by atoms with E-state index in [1.54, 1.807) is 54.6 Å². The summed E-state index contributed by atoms with van der Waals surface area (Å²) in [5.74, 6) is 0.845. The van der Waals surface area contributed by atoms with Crippen LogP contribution in [0.5, 0.6) is 17.2 Å². The Balaban J connectivity index is 1.50. The second-order valence-electron chi connectivity index (χ2n) is 8.47. The van der Waals surface area contributed by atoms with Crippen molar-refractivity contribution in [2.45, 2.75) is 26.7 Å². The quantitative estimate of drug-likeness (QED) is 0.0829. The zero-order valence-corrected chi connectivity index (χ0v) is 21.5. The number of carbonyl (C=O) groups excluding carboxylic acids is 2. The number of esters is 1. The normalized spacial score (nSPS) is 10.9. The first-order valence-electron chi connectivity index (χ1n) is 12.6. The predicted octanol–water partition coefficient (Wildman–Crippen LogP) is 6.40. The highest BCUT2D eigenvalue weighted by molar-refractivity contribution is 6.04. The van der Waals surface area contributed by atoms with Crippen LogP contribution in [0.25, 0.3) is 10.8 Å². The molecule has 0 radical (unpaired) electrons. The Kier molecular flexibility index (Phi) is 9.07. The van der Waals surface area contributed by atoms with Crippen LogP contribution in [-0.4, -0.2) is 31.3 Å². The van der Waals surface area contributed by atoms with Crippen molar-refractivity contribution in [1.29, 1.82) is 0 Å². The number of nitrogens with zero attached hydrogens (tertiary/aromatic N) is 1. The average Bonchev–Trinajstić information content (AvgIpc) is 2.95. The highest BCUT2D eigenvalue weighted by atomic mass is 16.5. The minimum atomic E-state index is -0.511. The van der Waals surface area contributed by atoms with Gasteiger partial charge in [0.2, 0.25) is 0 Å². The maximum atomic E-state index is 12.9. The summed E-state index contributed by atoms with van der Waals surface area (Å²) in [6.45, 7) is 5.18. The number of hydrogen-bond acceptors (Lipinski definition) is 6. The van der Waals surface area contributed by atoms with Gasteiger partial charge in [0.15, 0.2) is 0 Å². The largest absolute Gasteiger partial charge is 0.494 e. The summed E-state index contributed by atoms with van der Waals surface area (Å²) in [6.07, 6.45) is 3.52. The molecule has 0 fully saturated rings. The minimum absolute atomic E-state index is 0.328. The molecule has 0 aromatic heterocycles. The molecule has 0 unspecified atom stereocenters. The molecule has 0 heterocycles. The Morgan fingerprint density at radius 1 is 0.816 bits per heavy atom. The summed E-state index contributed by atoms with van der Waals surface area (Å²) >= 11 is 0. The molecular formula is C31H30N2O5. The Bertz CT molecular complexity index is 1410. The van der Waals surface area contributed by atoms with Gasteiger partial charge < -0.3 is 14.2 Å². The third-order valence-corrected chi connectivity index (χ3v) is 5.78. The molecule has 0 aliphatic heterocycles. The summed E-state index contributed by atoms with van der Waals surface area (Å²) in [4.78, 5) is 25.5. The van der Waals surface area contributed by atoms with Gasteiger partial charge in [-0.25, -0.2) is 10.2 Å². The molecule has 4 aromatic carbocycles. The number of unbranched alkanes of at least 4 members (excludes halogenated alkanes) is 1. The minimum Gasteiger partial charge on any atom is -0.494 e. The number of fused-ring (bicyclic) bond motifs is 1. The fourth-order valence-corrected chi connectivity index (χ4v) is 3.77. The second kappa shape index (κ2) is 13.1. The van der Waals surface area contributed by atoms with Gasteiger partial charge in [-0.3, -0.25) is 4.79 Å². The summed E-state index contributed by atoms with van der Waals surface area (Å²) in [7, 11) is 0. The molecule has 4 rings (SSSR count). The average molecular weight is 511 g/mol. The fraction of sp³-hybridized carbons (Fsp3) is 0.194. The van der Waals surface area contributed by atoms with Crippen LogP contribution in [0.2, 0.25) is 0 Å². The van der Waals surface area contributed by atoms with E-state index in [-0.39, 0.29) is 5.91 Å². The molecule has 0 aliphatic rings. The van der Waals surface area contributed by atoms with Crippen molar-refractivity contribution in [1.82, 2.24) is 5.43 Å². The molecular weight excluding hydrogens is 480 g/mol. The van der Waals surface area contributed by atoms with Crippen molar-refractivity contribution in [2.75, 3.05) is 13.2 Å². The molecule has 1 amide bonds. The van der Waals surface area contributed by atoms with Gasteiger partial charge in [0.25, 0.3) is 5.91 Å². The molecule has 0 saturated carbocycles. The van der Waals surface area contributed by atoms with Gasteiger partial charge in [-0.2, -0.15) is 5.10 Å². The van der Waals surface area contributed by atoms with E-state index in [0.717, 1.165) is 23.6 Å². The van der Waals surface area contributed by atoms with Crippen LogP contribution in [0.4, 0.5) is 0 Å². The summed E-state index contributed by atoms with van der Waals surface area (Å²) in [5.41, 5.74) is 3.96. The Morgan fingerprint density at radius 3 is 2.21 bits per heavy atom. The Labute approximate surface area is 222 Å². The number of carbonyl (C=O) groups is 2. The number of rotatable bonds is 11. The maximum absolute atomic E-state index is 12.9. The summed E-state index contributed by atoms with van der Waals surface area (Å²) in [5, 5.41) is 5.93. The predicted molar refractivity (Wildman–Crippen MR) is 148 cm³/mol. The maximum Gasteiger partial charge on any atom is 0.343 e. The van der Waals surface area contributed by atoms with Crippen LogP contribution in [0.1, 0.15) is 53.0 Å². The zero-order chi connectivity index (χ0) is 26.7. The van der Waals surface area contributed by atoms with Gasteiger partial charge in [0, 0.05) is 11.1 Å². The van der Waals surface area contributed by atoms with Gasteiger partial charge in [-0.15, -0.1) is 0 Å². The number of benzene rings is 4. The smallest absolute Gasteiger partial charge is 0.343 e. The highest BCUT2D eigenvalue weighted by Crippen LogP contribution is 2.28. The van der Waals surface area contributed by atoms with Gasteiger partial charge in [0.05, 0.1) is 25.0 Å². The number of hydrogen-bond donors (Lipinski definition) is 1. The van der Waals surface area contributed by atoms with Gasteiger partial charge in [-0.1, -0.05) is 43.7 Å². The SMILES string of the molecule is CCCCOc1ccc(C(=O)N/N=C/c2c(OC(=O)c3ccc(OCC)cc3)ccc3ccccc23)cc1. The standard InChI is InChI=1S/C31H30N2O5/c1-3-5-20-37-26-15-10-23(11-16-26)30(34)33-32-21-28-27-9-7-6-8-22(27)14-19-29(28)38-31(35)24-12-17-25(18-13-24)36-4-2/h6-19,21H,3-5,20H2,1-2H3,(H,33,34)/b32-21+. The van der Waals surface area contributed by atoms with Crippen LogP contribution >= 0.6 is 0 Å². The Morgan fingerprint density at radius 2 is 1.50 bits per heavy atom. The van der Waals surface area contributed by atoms with E-state index < -0.39 is 5.97 Å². The van der Waals surface area contributed by atoms with Crippen molar-refractivity contribution in [3.05, 3.63) is 102 Å². The third-order valence-electron chi connectivity index (χ3n) is 5.78. The topological polar surface area (TPSA) is 86.2 Å². The molecule has 0 saturated heterocycles. The van der Waals surface area contributed by atoms with E-state index in [2.05, 4.69) is 17.5 Å². The molecule has 0 aliphatic carbocycles. The van der Waals surface area contributed by atoms with E-state index >= 15 is 0 Å². The third kappa shape index (κ3) is 6.76. The number of ether oxygens (including phenoxy) is 3. The number of amides is 1. The highest BCUT2D eigenvalue weighted by Gasteiger charge is 2.14. The van der Waals surface area contributed by atoms with Crippen LogP contribution in [-0.2, 0) is 0 Å². The number of hydrazone groups is 1. The van der Waals surface area contributed by atoms with Crippen LogP contribution in [0, 0.1) is 0 Å². The van der Waals surface area contributed by atoms with Crippen molar-refractivity contribution in [2.24, 2.45) is 5.10 Å². The van der Waals surface area contributed by atoms with Gasteiger partial charge >= 0.3 is 5.97 Å². The van der Waals surface area contributed by atoms with E-state index in [1.807, 2.05) is 37.3 Å². The molecule has 38 heavy (non-hydrogen) atoms. The second-order valence-corrected chi connectivity index (χ2v) is 8.47. The van der Waals surface area contributed by atoms with Crippen molar-refractivity contribution >= 4 is 28.9 Å². The lowest BCUT2D eigenvalue weighted by atomic mass is 10.0. The Hall–Kier alpha value is -4.65. The van der Waals surface area contributed by atoms with Gasteiger partial charge in [-0.05, 0) is 78.7 Å². The van der Waals surface area contributed by atoms with E-state index in [4.69, 9.17) is 14.2 Å². The van der Waals surface area contributed by atoms with Crippen molar-refractivity contribution in [3.8, 4) is 17.2 Å². The lowest BCUT2D eigenvalue weighted by molar-refractivity contribution is 0.0734. The molecule has 194 valence electrons. The molecule has 4 aromatic rings. The first-order chi connectivity index (χ1) is 18.6. The molecule has 0 spiro atoms. The van der Waals surface area contributed by atoms with Crippen LogP contribution in [0.15, 0.2) is 90.0 Å². The summed E-state index contributed by atoms with van der Waals surface area (Å²) < 4.78 is 16.8. The van der Waals surface area contributed by atoms with E-state index in [0.29, 0.717) is 47.2 Å². The lowest BCUT2D eigenvalue weighted by Gasteiger charge is -2.11. The molecule has 1 N–H and O–H groups in total. The van der Waals surface area contributed by atoms with Crippen molar-refractivity contribution < 1.29 is 23.8 Å². The first kappa shape index (κ1) is 26.4. The molecule has 7 heteroatoms. The molecule has 0 bridgehead atoms. The van der Waals surface area contributed by atoms with E-state index in [9.17, 15) is 9.59 Å². The molecule has 0 atom stereocenters. The van der Waals surface area contributed by atoms with Crippen LogP contribution in [0.3, 0.4) is 0 Å². The van der Waals surface area contributed by atoms with Crippen LogP contribution < -0.4 is 19.6 Å². The van der Waals surface area contributed by atoms with Crippen molar-refractivity contribution in [3.63, 3.8) is 0 Å². The monoisotopic (exact) mass is 510 g/mol. The van der Waals surface area contributed by atoms with Gasteiger partial charge in [0.1, 0.15) is 17.2 Å². The zero-order valence-electron chi connectivity index (χ0n) is 21.5. The lowest BCUT2D eigenvalue weighted by Crippen LogP contribution is -2.17. The summed E-state index contributed by atoms with van der Waals surface area (Å²) in [6, 6.07) is 24.9.